The van der Waals surface area contributed by atoms with Crippen molar-refractivity contribution in [3.8, 4) is 0 Å². The molecular weight excluding hydrogens is 156 g/mol. The van der Waals surface area contributed by atoms with E-state index < -0.39 is 0 Å². The van der Waals surface area contributed by atoms with Crippen LogP contribution in [0.3, 0.4) is 0 Å². The number of hydrogen-bond donors (Lipinski definition) is 1. The first-order valence-corrected chi connectivity index (χ1v) is 4.26. The Hall–Kier alpha value is -0.860. The predicted molar refractivity (Wildman–Crippen MR) is 52.6 cm³/mol. The van der Waals surface area contributed by atoms with Crippen LogP contribution in [0, 0.1) is 0 Å². The van der Waals surface area contributed by atoms with Gasteiger partial charge in [-0.05, 0) is 6.42 Å². The summed E-state index contributed by atoms with van der Waals surface area (Å²) in [6, 6.07) is 0. The van der Waals surface area contributed by atoms with Crippen molar-refractivity contribution in [2.75, 3.05) is 14.1 Å². The lowest BCUT2D eigenvalue weighted by atomic mass is 10.4. The van der Waals surface area contributed by atoms with Gasteiger partial charge in [0.25, 0.3) is 0 Å². The molecule has 0 heterocycles. The number of nitrogens with two attached hydrogens (primary N) is 1. The first kappa shape index (κ1) is 13.7. The highest BCUT2D eigenvalue weighted by Crippen LogP contribution is 1.88. The van der Waals surface area contributed by atoms with Gasteiger partial charge in [-0.3, -0.25) is 4.79 Å². The van der Waals surface area contributed by atoms with Gasteiger partial charge in [0.1, 0.15) is 20.3 Å². The zero-order valence-corrected chi connectivity index (χ0v) is 8.63. The average Bonchev–Trinajstić information content (AvgIpc) is 1.86. The molecule has 3 heteroatoms. The van der Waals surface area contributed by atoms with E-state index in [9.17, 15) is 4.79 Å². The minimum absolute atomic E-state index is 0.333. The molecule has 2 N–H and O–H groups in total. The van der Waals surface area contributed by atoms with Crippen molar-refractivity contribution in [2.45, 2.75) is 33.1 Å². The lowest BCUT2D eigenvalue weighted by Gasteiger charge is -1.85. The molecule has 0 saturated heterocycles. The molecule has 0 aromatic rings. The molecule has 1 amide bonds. The summed E-state index contributed by atoms with van der Waals surface area (Å²) in [5.41, 5.74) is 4.47. The molecular formula is C9H21N2O+. The summed E-state index contributed by atoms with van der Waals surface area (Å²) in [6.07, 6.45) is 6.05. The molecule has 0 fully saturated rings. The van der Waals surface area contributed by atoms with Gasteiger partial charge in [-0.25, -0.2) is 4.58 Å². The van der Waals surface area contributed by atoms with Crippen LogP contribution in [-0.4, -0.2) is 30.8 Å². The molecule has 0 rings (SSSR count). The van der Waals surface area contributed by atoms with Gasteiger partial charge in [0.2, 0.25) is 5.91 Å². The molecule has 0 aliphatic rings. The van der Waals surface area contributed by atoms with Crippen LogP contribution in [0.5, 0.6) is 0 Å². The second kappa shape index (κ2) is 10.1. The number of carbonyl (C=O) groups excluding carboxylic acids is 1. The topological polar surface area (TPSA) is 46.1 Å². The van der Waals surface area contributed by atoms with Crippen LogP contribution in [0.1, 0.15) is 33.1 Å². The van der Waals surface area contributed by atoms with Crippen LogP contribution >= 0.6 is 0 Å². The number of nitrogens with zero attached hydrogens (tertiary/aromatic N) is 1. The van der Waals surface area contributed by atoms with Crippen molar-refractivity contribution in [1.82, 2.24) is 0 Å². The van der Waals surface area contributed by atoms with Crippen LogP contribution in [0.15, 0.2) is 0 Å². The summed E-state index contributed by atoms with van der Waals surface area (Å²) in [4.78, 5) is 9.22. The molecule has 12 heavy (non-hydrogen) atoms. The number of carbonyl (C=O) groups is 1. The zero-order valence-electron chi connectivity index (χ0n) is 8.63. The van der Waals surface area contributed by atoms with Crippen molar-refractivity contribution < 1.29 is 9.37 Å². The van der Waals surface area contributed by atoms with Gasteiger partial charge in [-0.1, -0.05) is 13.3 Å². The first-order chi connectivity index (χ1) is 5.50. The molecule has 0 spiro atoms. The monoisotopic (exact) mass is 177 g/mol. The molecule has 0 aromatic carbocycles. The Balaban J connectivity index is 0. The summed E-state index contributed by atoms with van der Waals surface area (Å²) < 4.78 is 2.11. The average molecular weight is 177 g/mol. The van der Waals surface area contributed by atoms with Crippen molar-refractivity contribution in [2.24, 2.45) is 5.73 Å². The summed E-state index contributed by atoms with van der Waals surface area (Å²) in [5, 5.41) is 0. The molecule has 0 bridgehead atoms. The third-order valence-corrected chi connectivity index (χ3v) is 1.05. The Morgan fingerprint density at radius 2 is 1.92 bits per heavy atom. The SMILES string of the molecule is C[13C]([15NH2])=O.C[N+](C)=CCC[13CH2][13CH3]. The largest absolute Gasteiger partial charge is 0.370 e. The van der Waals surface area contributed by atoms with Gasteiger partial charge in [0.05, 0.1) is 0 Å². The third kappa shape index (κ3) is 35.3. The van der Waals surface area contributed by atoms with Gasteiger partial charge in [-0.15, -0.1) is 0 Å². The van der Waals surface area contributed by atoms with Gasteiger partial charge in [0.15, 0.2) is 0 Å². The fourth-order valence-corrected chi connectivity index (χ4v) is 0.554. The fraction of sp³-hybridized carbons (Fsp3) is 0.778. The van der Waals surface area contributed by atoms with E-state index in [0.29, 0.717) is 0 Å². The second-order valence-corrected chi connectivity index (χ2v) is 2.90. The summed E-state index contributed by atoms with van der Waals surface area (Å²) in [5.74, 6) is -0.333. The molecule has 0 radical (unpaired) electrons. The Morgan fingerprint density at radius 1 is 1.50 bits per heavy atom. The van der Waals surface area contributed by atoms with E-state index in [-0.39, 0.29) is 5.91 Å². The molecule has 0 atom stereocenters. The van der Waals surface area contributed by atoms with Crippen molar-refractivity contribution in [3.63, 3.8) is 0 Å². The summed E-state index contributed by atoms with van der Waals surface area (Å²) >= 11 is 0. The maximum absolute atomic E-state index is 9.22. The zero-order chi connectivity index (χ0) is 9.98. The van der Waals surface area contributed by atoms with Crippen LogP contribution in [-0.2, 0) is 4.79 Å². The molecule has 0 unspecified atom stereocenters. The van der Waals surface area contributed by atoms with E-state index in [2.05, 4.69) is 37.5 Å². The highest BCUT2D eigenvalue weighted by atomic mass is 16.2. The maximum atomic E-state index is 9.22. The van der Waals surface area contributed by atoms with E-state index in [1.807, 2.05) is 0 Å². The van der Waals surface area contributed by atoms with Gasteiger partial charge in [-0.2, -0.15) is 0 Å². The Labute approximate surface area is 75.3 Å². The van der Waals surface area contributed by atoms with E-state index in [0.717, 1.165) is 0 Å². The number of hydrogen-bond acceptors (Lipinski definition) is 1. The van der Waals surface area contributed by atoms with Crippen molar-refractivity contribution in [1.29, 1.82) is 0 Å². The lowest BCUT2D eigenvalue weighted by Crippen LogP contribution is -2.01. The van der Waals surface area contributed by atoms with E-state index in [1.165, 1.54) is 26.2 Å². The van der Waals surface area contributed by atoms with Crippen LogP contribution in [0.25, 0.3) is 0 Å². The van der Waals surface area contributed by atoms with Gasteiger partial charge in [0, 0.05) is 13.3 Å². The van der Waals surface area contributed by atoms with Gasteiger partial charge >= 0.3 is 0 Å². The highest BCUT2D eigenvalue weighted by Gasteiger charge is 1.82. The predicted octanol–water partition coefficient (Wildman–Crippen LogP) is 1.01. The minimum atomic E-state index is -0.333. The molecule has 0 aliphatic heterocycles. The number of unbranched alkanes of at least 4 members (excludes halogenated alkanes) is 2. The quantitative estimate of drug-likeness (QED) is 0.226. The Morgan fingerprint density at radius 3 is 2.17 bits per heavy atom. The van der Waals surface area contributed by atoms with Crippen LogP contribution < -0.4 is 5.73 Å². The normalized spacial score (nSPS) is 8.00. The lowest BCUT2D eigenvalue weighted by molar-refractivity contribution is -0.460. The minimum Gasteiger partial charge on any atom is -0.370 e. The third-order valence-electron chi connectivity index (χ3n) is 1.05. The smallest absolute Gasteiger partial charge is 0.214 e. The fourth-order valence-electron chi connectivity index (χ4n) is 0.554. The Bertz CT molecular complexity index is 133. The van der Waals surface area contributed by atoms with E-state index in [4.69, 9.17) is 0 Å². The molecule has 0 saturated carbocycles. The standard InChI is InChI=1S/C7H16N.C2H5NO/c1-4-5-6-7-8(2)3;1-2(3)4/h7H,4-6H2,1-3H3;1H3,(H2,3,4)/q+1;/i1+1,4+1;2+1,3+1. The number of primary amides is 1. The van der Waals surface area contributed by atoms with E-state index >= 15 is 0 Å². The van der Waals surface area contributed by atoms with Crippen LogP contribution in [0.4, 0.5) is 0 Å². The Kier molecular flexibility index (Phi) is 11.6. The second-order valence-electron chi connectivity index (χ2n) is 2.90. The van der Waals surface area contributed by atoms with Crippen LogP contribution in [0.2, 0.25) is 0 Å². The molecule has 72 valence electrons. The first-order valence-electron chi connectivity index (χ1n) is 4.26. The van der Waals surface area contributed by atoms with Crippen molar-refractivity contribution in [3.05, 3.63) is 0 Å². The van der Waals surface area contributed by atoms with Crippen molar-refractivity contribution >= 4 is 12.1 Å². The highest BCUT2D eigenvalue weighted by molar-refractivity contribution is 5.70. The maximum Gasteiger partial charge on any atom is 0.214 e. The number of amides is 1. The molecule has 0 aromatic heterocycles. The summed E-state index contributed by atoms with van der Waals surface area (Å²) in [6.45, 7) is 3.52. The number of rotatable bonds is 3. The van der Waals surface area contributed by atoms with E-state index in [1.54, 1.807) is 0 Å². The summed E-state index contributed by atoms with van der Waals surface area (Å²) in [7, 11) is 4.13. The van der Waals surface area contributed by atoms with Gasteiger partial charge < -0.3 is 5.73 Å². The molecule has 0 aliphatic carbocycles. The molecule has 3 nitrogen and oxygen atoms in total.